The van der Waals surface area contributed by atoms with Gasteiger partial charge in [-0.2, -0.15) is 0 Å². The van der Waals surface area contributed by atoms with E-state index in [9.17, 15) is 0 Å². The van der Waals surface area contributed by atoms with Gasteiger partial charge in [-0.05, 0) is 50.4 Å². The maximum Gasteiger partial charge on any atom is 0.231 e. The summed E-state index contributed by atoms with van der Waals surface area (Å²) in [6, 6.07) is 3.69. The summed E-state index contributed by atoms with van der Waals surface area (Å²) >= 11 is 13.2. The highest BCUT2D eigenvalue weighted by Gasteiger charge is 2.18. The van der Waals surface area contributed by atoms with E-state index in [0.29, 0.717) is 17.3 Å². The Morgan fingerprint density at radius 2 is 2.00 bits per heavy atom. The Labute approximate surface area is 131 Å². The van der Waals surface area contributed by atoms with Crippen LogP contribution in [-0.2, 0) is 6.54 Å². The number of aromatic nitrogens is 2. The number of ether oxygens (including phenoxy) is 2. The second-order valence-electron chi connectivity index (χ2n) is 4.12. The van der Waals surface area contributed by atoms with Gasteiger partial charge >= 0.3 is 0 Å². The third-order valence-corrected chi connectivity index (χ3v) is 5.17. The number of nitrogens with zero attached hydrogens (tertiary/aromatic N) is 2. The summed E-state index contributed by atoms with van der Waals surface area (Å²) in [5.41, 5.74) is 0.958. The Morgan fingerprint density at radius 3 is 2.63 bits per heavy atom. The molecule has 0 spiro atoms. The Balaban J connectivity index is 1.99. The lowest BCUT2D eigenvalue weighted by Crippen LogP contribution is -2.03. The number of rotatable bonds is 2. The molecule has 0 fully saturated rings. The zero-order valence-corrected chi connectivity index (χ0v) is 13.8. The number of benzene rings is 1. The standard InChI is InChI=1S/C12H9Br2ClN2O2/c1-6-16-11(13)12(14)17(6)4-7-2-9-10(3-8(7)15)19-5-18-9/h2-3H,4-5H2,1H3. The minimum atomic E-state index is 0.245. The molecule has 0 aliphatic carbocycles. The quantitative estimate of drug-likeness (QED) is 0.749. The van der Waals surface area contributed by atoms with E-state index in [0.717, 1.165) is 26.3 Å². The van der Waals surface area contributed by atoms with E-state index in [1.54, 1.807) is 6.07 Å². The van der Waals surface area contributed by atoms with Gasteiger partial charge < -0.3 is 14.0 Å². The van der Waals surface area contributed by atoms with Crippen LogP contribution in [0.2, 0.25) is 5.02 Å². The van der Waals surface area contributed by atoms with Gasteiger partial charge in [-0.3, -0.25) is 0 Å². The van der Waals surface area contributed by atoms with Gasteiger partial charge in [0.1, 0.15) is 15.0 Å². The predicted octanol–water partition coefficient (Wildman–Crippen LogP) is 4.15. The van der Waals surface area contributed by atoms with Crippen LogP contribution in [0.25, 0.3) is 0 Å². The first kappa shape index (κ1) is 13.3. The van der Waals surface area contributed by atoms with Crippen LogP contribution in [-0.4, -0.2) is 16.3 Å². The van der Waals surface area contributed by atoms with Gasteiger partial charge in [-0.25, -0.2) is 4.98 Å². The number of aryl methyl sites for hydroxylation is 1. The number of imidazole rings is 1. The highest BCUT2D eigenvalue weighted by atomic mass is 79.9. The number of hydrogen-bond donors (Lipinski definition) is 0. The molecule has 7 heteroatoms. The largest absolute Gasteiger partial charge is 0.454 e. The zero-order valence-electron chi connectivity index (χ0n) is 9.91. The summed E-state index contributed by atoms with van der Waals surface area (Å²) in [6.45, 7) is 2.80. The second-order valence-corrected chi connectivity index (χ2v) is 6.03. The van der Waals surface area contributed by atoms with Gasteiger partial charge in [0.25, 0.3) is 0 Å². The van der Waals surface area contributed by atoms with Gasteiger partial charge in [-0.1, -0.05) is 11.6 Å². The molecular formula is C12H9Br2ClN2O2. The van der Waals surface area contributed by atoms with E-state index in [4.69, 9.17) is 21.1 Å². The van der Waals surface area contributed by atoms with Crippen LogP contribution in [0, 0.1) is 6.92 Å². The molecule has 0 bridgehead atoms. The summed E-state index contributed by atoms with van der Waals surface area (Å²) in [7, 11) is 0. The van der Waals surface area contributed by atoms with Gasteiger partial charge in [0.2, 0.25) is 6.79 Å². The van der Waals surface area contributed by atoms with Crippen LogP contribution >= 0.6 is 43.5 Å². The van der Waals surface area contributed by atoms with Crippen molar-refractivity contribution in [3.8, 4) is 11.5 Å². The van der Waals surface area contributed by atoms with E-state index in [1.807, 2.05) is 17.6 Å². The summed E-state index contributed by atoms with van der Waals surface area (Å²) in [6.07, 6.45) is 0. The van der Waals surface area contributed by atoms with Crippen molar-refractivity contribution in [2.45, 2.75) is 13.5 Å². The molecule has 1 aromatic heterocycles. The predicted molar refractivity (Wildman–Crippen MR) is 79.0 cm³/mol. The van der Waals surface area contributed by atoms with Crippen molar-refractivity contribution in [2.24, 2.45) is 0 Å². The first-order valence-corrected chi connectivity index (χ1v) is 7.49. The first-order chi connectivity index (χ1) is 9.06. The van der Waals surface area contributed by atoms with Crippen LogP contribution in [0.3, 0.4) is 0 Å². The molecular weight excluding hydrogens is 399 g/mol. The molecule has 0 saturated heterocycles. The smallest absolute Gasteiger partial charge is 0.231 e. The molecule has 0 N–H and O–H groups in total. The maximum absolute atomic E-state index is 6.27. The van der Waals surface area contributed by atoms with Crippen molar-refractivity contribution in [2.75, 3.05) is 6.79 Å². The van der Waals surface area contributed by atoms with Crippen LogP contribution in [0.4, 0.5) is 0 Å². The van der Waals surface area contributed by atoms with Crippen LogP contribution < -0.4 is 9.47 Å². The zero-order chi connectivity index (χ0) is 13.6. The van der Waals surface area contributed by atoms with Crippen molar-refractivity contribution in [1.82, 2.24) is 9.55 Å². The average Bonchev–Trinajstić information content (AvgIpc) is 2.89. The van der Waals surface area contributed by atoms with Gasteiger partial charge in [0, 0.05) is 11.1 Å². The summed E-state index contributed by atoms with van der Waals surface area (Å²) in [4.78, 5) is 4.34. The Morgan fingerprint density at radius 1 is 1.32 bits per heavy atom. The molecule has 19 heavy (non-hydrogen) atoms. The molecule has 4 nitrogen and oxygen atoms in total. The maximum atomic E-state index is 6.27. The van der Waals surface area contributed by atoms with Crippen molar-refractivity contribution < 1.29 is 9.47 Å². The fraction of sp³-hybridized carbons (Fsp3) is 0.250. The monoisotopic (exact) mass is 406 g/mol. The average molecular weight is 408 g/mol. The van der Waals surface area contributed by atoms with Crippen LogP contribution in [0.15, 0.2) is 21.3 Å². The fourth-order valence-electron chi connectivity index (χ4n) is 1.94. The molecule has 3 rings (SSSR count). The Kier molecular flexibility index (Phi) is 3.49. The molecule has 0 radical (unpaired) electrons. The molecule has 2 aromatic rings. The highest BCUT2D eigenvalue weighted by molar-refractivity contribution is 9.13. The van der Waals surface area contributed by atoms with Crippen LogP contribution in [0.1, 0.15) is 11.4 Å². The minimum Gasteiger partial charge on any atom is -0.454 e. The SMILES string of the molecule is Cc1nc(Br)c(Br)n1Cc1cc2c(cc1Cl)OCO2. The first-order valence-electron chi connectivity index (χ1n) is 5.52. The van der Waals surface area contributed by atoms with Crippen molar-refractivity contribution in [3.63, 3.8) is 0 Å². The third kappa shape index (κ3) is 2.37. The molecule has 1 aromatic carbocycles. The van der Waals surface area contributed by atoms with Gasteiger partial charge in [-0.15, -0.1) is 0 Å². The van der Waals surface area contributed by atoms with Crippen molar-refractivity contribution in [1.29, 1.82) is 0 Å². The van der Waals surface area contributed by atoms with Gasteiger partial charge in [0.05, 0.1) is 6.54 Å². The van der Waals surface area contributed by atoms with E-state index in [-0.39, 0.29) is 6.79 Å². The third-order valence-electron chi connectivity index (χ3n) is 2.93. The van der Waals surface area contributed by atoms with E-state index in [1.165, 1.54) is 0 Å². The number of hydrogen-bond acceptors (Lipinski definition) is 3. The normalized spacial score (nSPS) is 13.1. The second kappa shape index (κ2) is 5.00. The molecule has 2 heterocycles. The van der Waals surface area contributed by atoms with E-state index >= 15 is 0 Å². The summed E-state index contributed by atoms with van der Waals surface area (Å²) in [5.74, 6) is 2.32. The minimum absolute atomic E-state index is 0.245. The lowest BCUT2D eigenvalue weighted by molar-refractivity contribution is 0.174. The molecule has 1 aliphatic heterocycles. The van der Waals surface area contributed by atoms with Crippen molar-refractivity contribution in [3.05, 3.63) is 37.7 Å². The molecule has 0 atom stereocenters. The Hall–Kier alpha value is -0.720. The van der Waals surface area contributed by atoms with Crippen molar-refractivity contribution >= 4 is 43.5 Å². The summed E-state index contributed by atoms with van der Waals surface area (Å²) in [5, 5.41) is 0.653. The van der Waals surface area contributed by atoms with E-state index < -0.39 is 0 Å². The number of fused-ring (bicyclic) bond motifs is 1. The van der Waals surface area contributed by atoms with Gasteiger partial charge in [0.15, 0.2) is 11.5 Å². The summed E-state index contributed by atoms with van der Waals surface area (Å²) < 4.78 is 14.4. The lowest BCUT2D eigenvalue weighted by atomic mass is 10.2. The Bertz CT molecular complexity index is 658. The topological polar surface area (TPSA) is 36.3 Å². The lowest BCUT2D eigenvalue weighted by Gasteiger charge is -2.10. The van der Waals surface area contributed by atoms with E-state index in [2.05, 4.69) is 36.8 Å². The molecule has 0 amide bonds. The molecule has 100 valence electrons. The molecule has 0 saturated carbocycles. The molecule has 0 unspecified atom stereocenters. The fourth-order valence-corrected chi connectivity index (χ4v) is 3.09. The molecule has 1 aliphatic rings. The number of halogens is 3. The highest BCUT2D eigenvalue weighted by Crippen LogP contribution is 2.37. The van der Waals surface area contributed by atoms with Crippen LogP contribution in [0.5, 0.6) is 11.5 Å².